The van der Waals surface area contributed by atoms with Gasteiger partial charge < -0.3 is 14.1 Å². The fourth-order valence-electron chi connectivity index (χ4n) is 3.01. The molecular weight excluding hydrogens is 399 g/mol. The number of carbonyl (C=O) groups excluding carboxylic acids is 3. The zero-order valence-corrected chi connectivity index (χ0v) is 16.1. The number of thioether (sulfide) groups is 1. The number of nitrogens with zero attached hydrogens (tertiary/aromatic N) is 2. The van der Waals surface area contributed by atoms with E-state index in [1.54, 1.807) is 29.2 Å². The van der Waals surface area contributed by atoms with Gasteiger partial charge in [0, 0.05) is 24.7 Å². The maximum Gasteiger partial charge on any atom is 0.294 e. The number of furan rings is 1. The smallest absolute Gasteiger partial charge is 0.294 e. The Balaban J connectivity index is 1.46. The fourth-order valence-corrected chi connectivity index (χ4v) is 3.83. The van der Waals surface area contributed by atoms with Gasteiger partial charge in [0.2, 0.25) is 5.91 Å². The predicted octanol–water partition coefficient (Wildman–Crippen LogP) is 2.98. The van der Waals surface area contributed by atoms with Gasteiger partial charge in [0.05, 0.1) is 18.1 Å². The van der Waals surface area contributed by atoms with E-state index < -0.39 is 11.1 Å². The summed E-state index contributed by atoms with van der Waals surface area (Å²) >= 11 is 0.766. The molecule has 2 aliphatic heterocycles. The SMILES string of the molecule is O=C(CN1C(=O)S/C(=C/c2ccc(-c3ccc(F)cc3)o2)C1=O)N1CCOCC1. The van der Waals surface area contributed by atoms with Gasteiger partial charge in [-0.2, -0.15) is 0 Å². The molecule has 0 unspecified atom stereocenters. The van der Waals surface area contributed by atoms with Crippen LogP contribution in [0.15, 0.2) is 45.7 Å². The highest BCUT2D eigenvalue weighted by atomic mass is 32.2. The van der Waals surface area contributed by atoms with Gasteiger partial charge in [-0.25, -0.2) is 4.39 Å². The fraction of sp³-hybridized carbons (Fsp3) is 0.250. The second-order valence-electron chi connectivity index (χ2n) is 6.47. The molecule has 2 aliphatic rings. The van der Waals surface area contributed by atoms with Crippen LogP contribution in [0.1, 0.15) is 5.76 Å². The van der Waals surface area contributed by atoms with Gasteiger partial charge in [0.25, 0.3) is 11.1 Å². The lowest BCUT2D eigenvalue weighted by molar-refractivity contribution is -0.139. The normalized spacial score (nSPS) is 18.7. The first kappa shape index (κ1) is 19.4. The van der Waals surface area contributed by atoms with Crippen LogP contribution < -0.4 is 0 Å². The number of benzene rings is 1. The first-order valence-electron chi connectivity index (χ1n) is 8.98. The van der Waals surface area contributed by atoms with Crippen molar-refractivity contribution in [1.82, 2.24) is 9.80 Å². The number of rotatable bonds is 4. The largest absolute Gasteiger partial charge is 0.457 e. The van der Waals surface area contributed by atoms with E-state index in [1.165, 1.54) is 18.2 Å². The molecular formula is C20H17FN2O5S. The average Bonchev–Trinajstić information content (AvgIpc) is 3.29. The van der Waals surface area contributed by atoms with Crippen molar-refractivity contribution < 1.29 is 27.9 Å². The summed E-state index contributed by atoms with van der Waals surface area (Å²) in [7, 11) is 0. The van der Waals surface area contributed by atoms with Crippen molar-refractivity contribution >= 4 is 34.9 Å². The zero-order chi connectivity index (χ0) is 20.4. The molecule has 0 spiro atoms. The van der Waals surface area contributed by atoms with Crippen LogP contribution in [0.4, 0.5) is 9.18 Å². The average molecular weight is 416 g/mol. The van der Waals surface area contributed by atoms with Gasteiger partial charge in [0.15, 0.2) is 0 Å². The summed E-state index contributed by atoms with van der Waals surface area (Å²) < 4.78 is 23.9. The molecule has 2 aromatic rings. The summed E-state index contributed by atoms with van der Waals surface area (Å²) in [4.78, 5) is 39.9. The molecule has 0 saturated carbocycles. The van der Waals surface area contributed by atoms with Gasteiger partial charge in [0.1, 0.15) is 23.9 Å². The standard InChI is InChI=1S/C20H17FN2O5S/c21-14-3-1-13(2-4-14)16-6-5-15(28-16)11-17-19(25)23(20(26)29-17)12-18(24)22-7-9-27-10-8-22/h1-6,11H,7-10,12H2/b17-11+. The number of hydrogen-bond donors (Lipinski definition) is 0. The number of amides is 3. The van der Waals surface area contributed by atoms with E-state index in [0.29, 0.717) is 43.4 Å². The zero-order valence-electron chi connectivity index (χ0n) is 15.3. The molecule has 0 aliphatic carbocycles. The minimum absolute atomic E-state index is 0.185. The minimum atomic E-state index is -0.527. The van der Waals surface area contributed by atoms with Gasteiger partial charge in [-0.1, -0.05) is 0 Å². The van der Waals surface area contributed by atoms with Crippen molar-refractivity contribution in [2.75, 3.05) is 32.8 Å². The Morgan fingerprint density at radius 1 is 1.10 bits per heavy atom. The third-order valence-corrected chi connectivity index (χ3v) is 5.47. The third-order valence-electron chi connectivity index (χ3n) is 4.56. The van der Waals surface area contributed by atoms with Crippen molar-refractivity contribution in [3.63, 3.8) is 0 Å². The van der Waals surface area contributed by atoms with Crippen molar-refractivity contribution in [3.05, 3.63) is 52.9 Å². The molecule has 0 atom stereocenters. The van der Waals surface area contributed by atoms with E-state index in [0.717, 1.165) is 16.7 Å². The summed E-state index contributed by atoms with van der Waals surface area (Å²) in [6, 6.07) is 9.19. The molecule has 2 saturated heterocycles. The Kier molecular flexibility index (Phi) is 5.50. The van der Waals surface area contributed by atoms with Crippen LogP contribution in [-0.2, 0) is 14.3 Å². The number of imide groups is 1. The van der Waals surface area contributed by atoms with Gasteiger partial charge >= 0.3 is 0 Å². The molecule has 7 nitrogen and oxygen atoms in total. The third kappa shape index (κ3) is 4.25. The Hall–Kier alpha value is -2.91. The Morgan fingerprint density at radius 2 is 1.83 bits per heavy atom. The monoisotopic (exact) mass is 416 g/mol. The van der Waals surface area contributed by atoms with Crippen molar-refractivity contribution in [3.8, 4) is 11.3 Å². The number of hydrogen-bond acceptors (Lipinski definition) is 6. The Morgan fingerprint density at radius 3 is 2.55 bits per heavy atom. The molecule has 3 amide bonds. The van der Waals surface area contributed by atoms with Crippen LogP contribution in [0.2, 0.25) is 0 Å². The minimum Gasteiger partial charge on any atom is -0.457 e. The van der Waals surface area contributed by atoms with Crippen LogP contribution >= 0.6 is 11.8 Å². The predicted molar refractivity (Wildman–Crippen MR) is 104 cm³/mol. The molecule has 3 heterocycles. The van der Waals surface area contributed by atoms with E-state index in [4.69, 9.17) is 9.15 Å². The van der Waals surface area contributed by atoms with Crippen LogP contribution in [-0.4, -0.2) is 59.7 Å². The molecule has 0 bridgehead atoms. The molecule has 0 N–H and O–H groups in total. The number of ether oxygens (including phenoxy) is 1. The molecule has 2 fully saturated rings. The summed E-state index contributed by atoms with van der Waals surface area (Å²) in [5.41, 5.74) is 0.690. The second-order valence-corrected chi connectivity index (χ2v) is 7.46. The number of carbonyl (C=O) groups is 3. The van der Waals surface area contributed by atoms with E-state index in [9.17, 15) is 18.8 Å². The highest BCUT2D eigenvalue weighted by molar-refractivity contribution is 8.18. The number of halogens is 1. The Bertz CT molecular complexity index is 979. The molecule has 4 rings (SSSR count). The first-order valence-corrected chi connectivity index (χ1v) is 9.79. The van der Waals surface area contributed by atoms with Crippen molar-refractivity contribution in [2.24, 2.45) is 0 Å². The summed E-state index contributed by atoms with van der Waals surface area (Å²) in [5, 5.41) is -0.492. The summed E-state index contributed by atoms with van der Waals surface area (Å²) in [5.74, 6) is -0.261. The lowest BCUT2D eigenvalue weighted by Crippen LogP contribution is -2.46. The van der Waals surface area contributed by atoms with Crippen LogP contribution in [0.25, 0.3) is 17.4 Å². The molecule has 0 radical (unpaired) electrons. The van der Waals surface area contributed by atoms with Crippen LogP contribution in [0, 0.1) is 5.82 Å². The molecule has 9 heteroatoms. The molecule has 1 aromatic heterocycles. The second kappa shape index (κ2) is 8.22. The van der Waals surface area contributed by atoms with Crippen LogP contribution in [0.5, 0.6) is 0 Å². The quantitative estimate of drug-likeness (QED) is 0.713. The molecule has 1 aromatic carbocycles. The van der Waals surface area contributed by atoms with Crippen molar-refractivity contribution in [1.29, 1.82) is 0 Å². The van der Waals surface area contributed by atoms with Crippen molar-refractivity contribution in [2.45, 2.75) is 0 Å². The first-order chi connectivity index (χ1) is 14.0. The topological polar surface area (TPSA) is 80.1 Å². The van der Waals surface area contributed by atoms with Crippen LogP contribution in [0.3, 0.4) is 0 Å². The highest BCUT2D eigenvalue weighted by Crippen LogP contribution is 2.33. The van der Waals surface area contributed by atoms with E-state index in [1.807, 2.05) is 0 Å². The van der Waals surface area contributed by atoms with Gasteiger partial charge in [-0.15, -0.1) is 0 Å². The lowest BCUT2D eigenvalue weighted by Gasteiger charge is -2.27. The highest BCUT2D eigenvalue weighted by Gasteiger charge is 2.37. The summed E-state index contributed by atoms with van der Waals surface area (Å²) in [6.07, 6.45) is 1.47. The summed E-state index contributed by atoms with van der Waals surface area (Å²) in [6.45, 7) is 1.50. The van der Waals surface area contributed by atoms with E-state index >= 15 is 0 Å². The molecule has 150 valence electrons. The van der Waals surface area contributed by atoms with Gasteiger partial charge in [-0.3, -0.25) is 19.3 Å². The van der Waals surface area contributed by atoms with E-state index in [-0.39, 0.29) is 23.2 Å². The van der Waals surface area contributed by atoms with Gasteiger partial charge in [-0.05, 0) is 48.2 Å². The maximum atomic E-state index is 13.1. The lowest BCUT2D eigenvalue weighted by atomic mass is 10.2. The molecule has 29 heavy (non-hydrogen) atoms. The maximum absolute atomic E-state index is 13.1. The van der Waals surface area contributed by atoms with E-state index in [2.05, 4.69) is 0 Å². The number of morpholine rings is 1. The Labute approximate surface area is 170 Å².